The molecule has 0 spiro atoms. The Morgan fingerprint density at radius 3 is 2.38 bits per heavy atom. The van der Waals surface area contributed by atoms with E-state index in [-0.39, 0.29) is 0 Å². The summed E-state index contributed by atoms with van der Waals surface area (Å²) < 4.78 is 0. The average Bonchev–Trinajstić information content (AvgIpc) is 2.65. The van der Waals surface area contributed by atoms with Gasteiger partial charge in [0.2, 0.25) is 0 Å². The van der Waals surface area contributed by atoms with Crippen molar-refractivity contribution < 1.29 is 0 Å². The van der Waals surface area contributed by atoms with Gasteiger partial charge >= 0.3 is 0 Å². The van der Waals surface area contributed by atoms with Crippen molar-refractivity contribution in [2.24, 2.45) is 5.73 Å². The third kappa shape index (κ3) is 3.02. The summed E-state index contributed by atoms with van der Waals surface area (Å²) >= 11 is 2.00. The lowest BCUT2D eigenvalue weighted by atomic mass is 10.0. The van der Waals surface area contributed by atoms with Crippen molar-refractivity contribution in [1.29, 1.82) is 0 Å². The number of rotatable bonds is 3. The molecule has 1 nitrogen and oxygen atoms in total. The molecule has 1 aromatic rings. The van der Waals surface area contributed by atoms with Crippen molar-refractivity contribution in [1.82, 2.24) is 0 Å². The average molecular weight is 235 g/mol. The van der Waals surface area contributed by atoms with E-state index in [0.29, 0.717) is 12.0 Å². The predicted molar refractivity (Wildman–Crippen MR) is 72.0 cm³/mol. The second kappa shape index (κ2) is 5.24. The van der Waals surface area contributed by atoms with Gasteiger partial charge in [-0.05, 0) is 42.9 Å². The van der Waals surface area contributed by atoms with Crippen molar-refractivity contribution in [3.8, 4) is 0 Å². The van der Waals surface area contributed by atoms with Gasteiger partial charge < -0.3 is 5.73 Å². The predicted octanol–water partition coefficient (Wildman–Crippen LogP) is 3.78. The summed E-state index contributed by atoms with van der Waals surface area (Å²) in [5.41, 5.74) is 7.35. The second-order valence-electron chi connectivity index (χ2n) is 5.04. The molecule has 0 heterocycles. The highest BCUT2D eigenvalue weighted by Gasteiger charge is 2.22. The smallest absolute Gasteiger partial charge is 0.0110 e. The van der Waals surface area contributed by atoms with E-state index in [2.05, 4.69) is 38.1 Å². The maximum Gasteiger partial charge on any atom is 0.0110 e. The zero-order chi connectivity index (χ0) is 11.5. The normalized spacial score (nSPS) is 25.2. The van der Waals surface area contributed by atoms with Crippen molar-refractivity contribution >= 4 is 11.8 Å². The highest BCUT2D eigenvalue weighted by molar-refractivity contribution is 8.00. The lowest BCUT2D eigenvalue weighted by Gasteiger charge is -2.10. The maximum absolute atomic E-state index is 5.93. The Labute approximate surface area is 103 Å². The molecule has 1 aromatic carbocycles. The Morgan fingerprint density at radius 1 is 1.19 bits per heavy atom. The first-order valence-corrected chi connectivity index (χ1v) is 7.05. The fourth-order valence-electron chi connectivity index (χ4n) is 2.20. The van der Waals surface area contributed by atoms with E-state index < -0.39 is 0 Å². The van der Waals surface area contributed by atoms with Gasteiger partial charge in [-0.25, -0.2) is 0 Å². The second-order valence-corrected chi connectivity index (χ2v) is 6.41. The van der Waals surface area contributed by atoms with Gasteiger partial charge in [-0.3, -0.25) is 0 Å². The standard InChI is InChI=1S/C14H21NS/c1-10(2)11-3-6-13(7-4-11)16-14-8-5-12(15)9-14/h3-4,6-7,10,12,14H,5,8-9,15H2,1-2H3. The summed E-state index contributed by atoms with van der Waals surface area (Å²) in [5, 5.41) is 0.736. The molecule has 2 N–H and O–H groups in total. The first-order valence-electron chi connectivity index (χ1n) is 6.17. The summed E-state index contributed by atoms with van der Waals surface area (Å²) in [7, 11) is 0. The molecule has 1 aliphatic rings. The molecule has 2 atom stereocenters. The minimum absolute atomic E-state index is 0.437. The summed E-state index contributed by atoms with van der Waals surface area (Å²) in [5.74, 6) is 0.624. The van der Waals surface area contributed by atoms with E-state index in [0.717, 1.165) is 5.25 Å². The van der Waals surface area contributed by atoms with Crippen molar-refractivity contribution in [2.75, 3.05) is 0 Å². The minimum atomic E-state index is 0.437. The first kappa shape index (κ1) is 12.0. The van der Waals surface area contributed by atoms with Gasteiger partial charge in [0, 0.05) is 16.2 Å². The summed E-state index contributed by atoms with van der Waals surface area (Å²) in [6.45, 7) is 4.47. The fourth-order valence-corrected chi connectivity index (χ4v) is 3.48. The minimum Gasteiger partial charge on any atom is -0.328 e. The number of hydrogen-bond donors (Lipinski definition) is 1. The van der Waals surface area contributed by atoms with Crippen LogP contribution >= 0.6 is 11.8 Å². The van der Waals surface area contributed by atoms with Gasteiger partial charge in [-0.2, -0.15) is 0 Å². The van der Waals surface area contributed by atoms with Gasteiger partial charge in [-0.15, -0.1) is 11.8 Å². The Morgan fingerprint density at radius 2 is 1.88 bits per heavy atom. The van der Waals surface area contributed by atoms with Crippen LogP contribution in [0.1, 0.15) is 44.6 Å². The molecule has 2 heteroatoms. The van der Waals surface area contributed by atoms with E-state index in [4.69, 9.17) is 5.73 Å². The molecule has 16 heavy (non-hydrogen) atoms. The van der Waals surface area contributed by atoms with Crippen LogP contribution in [0.4, 0.5) is 0 Å². The van der Waals surface area contributed by atoms with Crippen molar-refractivity contribution in [3.05, 3.63) is 29.8 Å². The van der Waals surface area contributed by atoms with Gasteiger partial charge in [-0.1, -0.05) is 26.0 Å². The van der Waals surface area contributed by atoms with Crippen LogP contribution in [0.15, 0.2) is 29.2 Å². The molecule has 1 aliphatic carbocycles. The van der Waals surface area contributed by atoms with Crippen LogP contribution in [0.2, 0.25) is 0 Å². The molecule has 2 rings (SSSR count). The summed E-state index contributed by atoms with van der Waals surface area (Å²) in [6.07, 6.45) is 3.65. The fraction of sp³-hybridized carbons (Fsp3) is 0.571. The highest BCUT2D eigenvalue weighted by Crippen LogP contribution is 2.34. The number of thioether (sulfide) groups is 1. The molecule has 0 bridgehead atoms. The quantitative estimate of drug-likeness (QED) is 0.862. The van der Waals surface area contributed by atoms with E-state index in [9.17, 15) is 0 Å². The molecular weight excluding hydrogens is 214 g/mol. The van der Waals surface area contributed by atoms with Gasteiger partial charge in [0.1, 0.15) is 0 Å². The van der Waals surface area contributed by atoms with Crippen LogP contribution in [0.5, 0.6) is 0 Å². The Hall–Kier alpha value is -0.470. The van der Waals surface area contributed by atoms with Crippen LogP contribution < -0.4 is 5.73 Å². The SMILES string of the molecule is CC(C)c1ccc(SC2CCC(N)C2)cc1. The van der Waals surface area contributed by atoms with Gasteiger partial charge in [0.05, 0.1) is 0 Å². The molecule has 0 aromatic heterocycles. The Bertz CT molecular complexity index is 331. The maximum atomic E-state index is 5.93. The van der Waals surface area contributed by atoms with Crippen LogP contribution in [0.25, 0.3) is 0 Å². The van der Waals surface area contributed by atoms with Crippen LogP contribution in [0.3, 0.4) is 0 Å². The monoisotopic (exact) mass is 235 g/mol. The van der Waals surface area contributed by atoms with Crippen LogP contribution in [-0.4, -0.2) is 11.3 Å². The van der Waals surface area contributed by atoms with E-state index in [1.54, 1.807) is 0 Å². The van der Waals surface area contributed by atoms with Gasteiger partial charge in [0.25, 0.3) is 0 Å². The lowest BCUT2D eigenvalue weighted by molar-refractivity contribution is 0.706. The number of hydrogen-bond acceptors (Lipinski definition) is 2. The van der Waals surface area contributed by atoms with E-state index in [1.807, 2.05) is 11.8 Å². The largest absolute Gasteiger partial charge is 0.328 e. The molecule has 0 amide bonds. The van der Waals surface area contributed by atoms with E-state index >= 15 is 0 Å². The number of nitrogens with two attached hydrogens (primary N) is 1. The summed E-state index contributed by atoms with van der Waals surface area (Å²) in [6, 6.07) is 9.45. The van der Waals surface area contributed by atoms with E-state index in [1.165, 1.54) is 29.7 Å². The Kier molecular flexibility index (Phi) is 3.93. The van der Waals surface area contributed by atoms with Crippen molar-refractivity contribution in [2.45, 2.75) is 55.2 Å². The molecule has 0 aliphatic heterocycles. The molecule has 88 valence electrons. The van der Waals surface area contributed by atoms with Crippen LogP contribution in [0, 0.1) is 0 Å². The highest BCUT2D eigenvalue weighted by atomic mass is 32.2. The molecule has 2 unspecified atom stereocenters. The topological polar surface area (TPSA) is 26.0 Å². The zero-order valence-electron chi connectivity index (χ0n) is 10.1. The Balaban J connectivity index is 1.95. The lowest BCUT2D eigenvalue weighted by Crippen LogP contribution is -2.15. The van der Waals surface area contributed by atoms with Gasteiger partial charge in [0.15, 0.2) is 0 Å². The van der Waals surface area contributed by atoms with Crippen molar-refractivity contribution in [3.63, 3.8) is 0 Å². The molecule has 1 saturated carbocycles. The third-order valence-corrected chi connectivity index (χ3v) is 4.58. The molecule has 0 radical (unpaired) electrons. The molecule has 0 saturated heterocycles. The summed E-state index contributed by atoms with van der Waals surface area (Å²) in [4.78, 5) is 1.39. The number of benzene rings is 1. The first-order chi connectivity index (χ1) is 7.65. The molecular formula is C14H21NS. The third-order valence-electron chi connectivity index (χ3n) is 3.27. The van der Waals surface area contributed by atoms with Crippen LogP contribution in [-0.2, 0) is 0 Å². The zero-order valence-corrected chi connectivity index (χ0v) is 11.0. The molecule has 1 fully saturated rings.